The average Bonchev–Trinajstić information content (AvgIpc) is 3.52. The summed E-state index contributed by atoms with van der Waals surface area (Å²) in [5.74, 6) is -0.0637. The molecule has 1 N–H and O–H groups in total. The summed E-state index contributed by atoms with van der Waals surface area (Å²) in [6, 6.07) is 15.6. The van der Waals surface area contributed by atoms with Crippen LogP contribution in [0, 0.1) is 0 Å². The van der Waals surface area contributed by atoms with Gasteiger partial charge in [0.25, 0.3) is 0 Å². The highest BCUT2D eigenvalue weighted by molar-refractivity contribution is 8.14. The number of benzene rings is 2. The van der Waals surface area contributed by atoms with E-state index in [2.05, 4.69) is 29.4 Å². The van der Waals surface area contributed by atoms with Gasteiger partial charge in [-0.2, -0.15) is 0 Å². The highest BCUT2D eigenvalue weighted by Crippen LogP contribution is 2.38. The van der Waals surface area contributed by atoms with Crippen molar-refractivity contribution < 1.29 is 14.3 Å². The van der Waals surface area contributed by atoms with Crippen molar-refractivity contribution >= 4 is 45.8 Å². The fourth-order valence-corrected chi connectivity index (χ4v) is 5.35. The Kier molecular flexibility index (Phi) is 8.80. The second-order valence-corrected chi connectivity index (χ2v) is 10.1. The third-order valence-corrected chi connectivity index (χ3v) is 7.55. The number of carbonyl (C=O) groups excluding carboxylic acids is 2. The Bertz CT molecular complexity index is 1240. The fraction of sp³-hybridized carbons (Fsp3) is 0.429. The van der Waals surface area contributed by atoms with Crippen LogP contribution in [0.25, 0.3) is 11.0 Å². The van der Waals surface area contributed by atoms with Gasteiger partial charge in [-0.1, -0.05) is 75.7 Å². The maximum Gasteiger partial charge on any atom is 0.338 e. The highest BCUT2D eigenvalue weighted by Gasteiger charge is 2.27. The molecule has 0 fully saturated rings. The smallest absolute Gasteiger partial charge is 0.338 e. The first-order chi connectivity index (χ1) is 17.5. The molecular weight excluding hydrogens is 472 g/mol. The topological polar surface area (TPSA) is 85.6 Å². The molecule has 2 atom stereocenters. The number of imidazole rings is 1. The number of carbonyl (C=O) groups is 2. The van der Waals surface area contributed by atoms with Crippen molar-refractivity contribution in [1.29, 1.82) is 0 Å². The number of amides is 1. The van der Waals surface area contributed by atoms with Crippen molar-refractivity contribution in [3.05, 3.63) is 59.7 Å². The first-order valence-corrected chi connectivity index (χ1v) is 13.7. The van der Waals surface area contributed by atoms with Crippen LogP contribution in [0.5, 0.6) is 0 Å². The molecule has 3 aromatic rings. The molecule has 4 rings (SSSR count). The van der Waals surface area contributed by atoms with Crippen molar-refractivity contribution in [2.45, 2.75) is 70.7 Å². The van der Waals surface area contributed by atoms with Crippen molar-refractivity contribution in [3.8, 4) is 0 Å². The number of aliphatic imine (C=N–C) groups is 1. The van der Waals surface area contributed by atoms with Gasteiger partial charge in [-0.05, 0) is 43.0 Å². The normalized spacial score (nSPS) is 16.1. The Morgan fingerprint density at radius 2 is 1.94 bits per heavy atom. The molecule has 1 aromatic heterocycles. The molecule has 0 bridgehead atoms. The van der Waals surface area contributed by atoms with Crippen molar-refractivity contribution in [3.63, 3.8) is 0 Å². The summed E-state index contributed by atoms with van der Waals surface area (Å²) in [6.45, 7) is 6.65. The quantitative estimate of drug-likeness (QED) is 0.248. The molecule has 2 unspecified atom stereocenters. The van der Waals surface area contributed by atoms with Gasteiger partial charge in [0.05, 0.1) is 28.4 Å². The van der Waals surface area contributed by atoms with Gasteiger partial charge in [0.2, 0.25) is 11.9 Å². The zero-order valence-corrected chi connectivity index (χ0v) is 22.0. The number of unbranched alkanes of at least 4 members (excludes halogenated alkanes) is 2. The summed E-state index contributed by atoms with van der Waals surface area (Å²) >= 11 is 1.65. The van der Waals surface area contributed by atoms with Gasteiger partial charge >= 0.3 is 5.97 Å². The number of thioether (sulfide) groups is 1. The fourth-order valence-electron chi connectivity index (χ4n) is 4.21. The molecule has 190 valence electrons. The number of aromatic nitrogens is 2. The number of fused-ring (bicyclic) bond motifs is 1. The Morgan fingerprint density at radius 3 is 2.67 bits per heavy atom. The molecule has 0 saturated carbocycles. The monoisotopic (exact) mass is 506 g/mol. The van der Waals surface area contributed by atoms with Crippen LogP contribution in [0.1, 0.15) is 80.5 Å². The van der Waals surface area contributed by atoms with Gasteiger partial charge in [-0.25, -0.2) is 9.78 Å². The maximum absolute atomic E-state index is 12.9. The van der Waals surface area contributed by atoms with Gasteiger partial charge in [0, 0.05) is 6.42 Å². The Hall–Kier alpha value is -3.13. The standard InChI is InChI=1S/C28H34N4O3S/c1-4-7-9-14-21(5-2)35-26(34)20-15-16-23-22(17-20)30-27(31-25(33)6-3)32(23)28-29-18-24(36-28)19-12-10-8-11-13-19/h8,10-13,15-17,21,24H,4-7,9,14,18H2,1-3H3,(H,30,31,33). The number of esters is 1. The summed E-state index contributed by atoms with van der Waals surface area (Å²) in [7, 11) is 0. The first-order valence-electron chi connectivity index (χ1n) is 12.8. The van der Waals surface area contributed by atoms with E-state index in [4.69, 9.17) is 9.73 Å². The molecule has 2 aromatic carbocycles. The van der Waals surface area contributed by atoms with Gasteiger partial charge in [-0.3, -0.25) is 19.7 Å². The third-order valence-electron chi connectivity index (χ3n) is 6.32. The predicted octanol–water partition coefficient (Wildman–Crippen LogP) is 6.59. The molecule has 36 heavy (non-hydrogen) atoms. The van der Waals surface area contributed by atoms with Crippen LogP contribution in [-0.4, -0.2) is 39.2 Å². The highest BCUT2D eigenvalue weighted by atomic mass is 32.2. The molecule has 0 saturated heterocycles. The Morgan fingerprint density at radius 1 is 1.14 bits per heavy atom. The lowest BCUT2D eigenvalue weighted by Gasteiger charge is -2.16. The zero-order valence-electron chi connectivity index (χ0n) is 21.2. The van der Waals surface area contributed by atoms with Gasteiger partial charge in [0.1, 0.15) is 6.10 Å². The van der Waals surface area contributed by atoms with Crippen LogP contribution in [0.3, 0.4) is 0 Å². The first kappa shape index (κ1) is 25.9. The molecule has 2 heterocycles. The second-order valence-electron chi connectivity index (χ2n) is 8.95. The number of hydrogen-bond acceptors (Lipinski definition) is 6. The number of anilines is 1. The number of rotatable bonds is 10. The SMILES string of the molecule is CCCCCC(CC)OC(=O)c1ccc2c(c1)nc(NC(=O)CC)n2C1=NCC(c2ccccc2)S1. The summed E-state index contributed by atoms with van der Waals surface area (Å²) < 4.78 is 7.67. The van der Waals surface area contributed by atoms with Crippen molar-refractivity contribution in [2.24, 2.45) is 4.99 Å². The predicted molar refractivity (Wildman–Crippen MR) is 147 cm³/mol. The van der Waals surface area contributed by atoms with Crippen LogP contribution in [0.2, 0.25) is 0 Å². The van der Waals surface area contributed by atoms with E-state index in [-0.39, 0.29) is 23.2 Å². The molecule has 1 aliphatic rings. The van der Waals surface area contributed by atoms with Crippen LogP contribution in [0.15, 0.2) is 53.5 Å². The second kappa shape index (κ2) is 12.2. The average molecular weight is 507 g/mol. The summed E-state index contributed by atoms with van der Waals surface area (Å²) in [4.78, 5) is 34.6. The van der Waals surface area contributed by atoms with E-state index in [0.717, 1.165) is 42.8 Å². The van der Waals surface area contributed by atoms with E-state index in [9.17, 15) is 9.59 Å². The number of hydrogen-bond donors (Lipinski definition) is 1. The van der Waals surface area contributed by atoms with Crippen LogP contribution in [-0.2, 0) is 9.53 Å². The maximum atomic E-state index is 12.9. The molecule has 0 radical (unpaired) electrons. The zero-order chi connectivity index (χ0) is 25.5. The Labute approximate surface area is 216 Å². The lowest BCUT2D eigenvalue weighted by atomic mass is 10.1. The molecule has 7 nitrogen and oxygen atoms in total. The minimum atomic E-state index is -0.342. The molecular formula is C28H34N4O3S. The summed E-state index contributed by atoms with van der Waals surface area (Å²) in [6.07, 6.45) is 5.24. The lowest BCUT2D eigenvalue weighted by molar-refractivity contribution is -0.115. The molecule has 0 spiro atoms. The lowest BCUT2D eigenvalue weighted by Crippen LogP contribution is -2.17. The van der Waals surface area contributed by atoms with E-state index < -0.39 is 0 Å². The largest absolute Gasteiger partial charge is 0.459 e. The minimum Gasteiger partial charge on any atom is -0.459 e. The van der Waals surface area contributed by atoms with Gasteiger partial charge in [0.15, 0.2) is 5.17 Å². The van der Waals surface area contributed by atoms with Crippen LogP contribution >= 0.6 is 11.8 Å². The third kappa shape index (κ3) is 5.98. The summed E-state index contributed by atoms with van der Waals surface area (Å²) in [5.41, 5.74) is 3.06. The van der Waals surface area contributed by atoms with E-state index in [0.29, 0.717) is 30.0 Å². The molecule has 1 amide bonds. The van der Waals surface area contributed by atoms with Gasteiger partial charge in [-0.15, -0.1) is 0 Å². The van der Waals surface area contributed by atoms with Crippen molar-refractivity contribution in [1.82, 2.24) is 9.55 Å². The number of ether oxygens (including phenoxy) is 1. The van der Waals surface area contributed by atoms with Gasteiger partial charge < -0.3 is 4.74 Å². The Balaban J connectivity index is 1.60. The van der Waals surface area contributed by atoms with Crippen LogP contribution < -0.4 is 5.32 Å². The van der Waals surface area contributed by atoms with Crippen molar-refractivity contribution in [2.75, 3.05) is 11.9 Å². The van der Waals surface area contributed by atoms with E-state index >= 15 is 0 Å². The number of nitrogens with one attached hydrogen (secondary N) is 1. The van der Waals surface area contributed by atoms with E-state index in [1.54, 1.807) is 30.8 Å². The summed E-state index contributed by atoms with van der Waals surface area (Å²) in [5, 5.41) is 3.87. The molecule has 1 aliphatic heterocycles. The molecule has 0 aliphatic carbocycles. The van der Waals surface area contributed by atoms with Crippen LogP contribution in [0.4, 0.5) is 5.95 Å². The molecule has 8 heteroatoms. The minimum absolute atomic E-state index is 0.0872. The van der Waals surface area contributed by atoms with E-state index in [1.807, 2.05) is 35.8 Å². The van der Waals surface area contributed by atoms with E-state index in [1.165, 1.54) is 5.56 Å². The number of nitrogens with zero attached hydrogens (tertiary/aromatic N) is 3.